The molecule has 1 aromatic rings. The SMILES string of the molecule is C[C@H]1CCCCN1c1ccc(N2C[C@@H](C(=O)Cl)CC2=O)cc1. The van der Waals surface area contributed by atoms with Crippen LogP contribution in [0.3, 0.4) is 0 Å². The highest BCUT2D eigenvalue weighted by atomic mass is 35.5. The second-order valence-electron chi connectivity index (χ2n) is 6.26. The van der Waals surface area contributed by atoms with Crippen molar-refractivity contribution in [2.45, 2.75) is 38.6 Å². The van der Waals surface area contributed by atoms with Gasteiger partial charge in [0.05, 0.1) is 5.92 Å². The van der Waals surface area contributed by atoms with E-state index in [1.54, 1.807) is 4.90 Å². The van der Waals surface area contributed by atoms with Gasteiger partial charge < -0.3 is 9.80 Å². The Bertz CT molecular complexity index is 573. The topological polar surface area (TPSA) is 40.6 Å². The van der Waals surface area contributed by atoms with Crippen LogP contribution in [-0.4, -0.2) is 30.3 Å². The highest BCUT2D eigenvalue weighted by Crippen LogP contribution is 2.30. The monoisotopic (exact) mass is 320 g/mol. The number of halogens is 1. The summed E-state index contributed by atoms with van der Waals surface area (Å²) < 4.78 is 0. The van der Waals surface area contributed by atoms with Gasteiger partial charge in [0, 0.05) is 36.9 Å². The number of hydrogen-bond acceptors (Lipinski definition) is 3. The van der Waals surface area contributed by atoms with Crippen molar-refractivity contribution in [3.8, 4) is 0 Å². The molecule has 0 aliphatic carbocycles. The first-order valence-corrected chi connectivity index (χ1v) is 8.30. The number of amides is 1. The molecule has 0 bridgehead atoms. The third-order valence-electron chi connectivity index (χ3n) is 4.74. The van der Waals surface area contributed by atoms with E-state index in [4.69, 9.17) is 11.6 Å². The molecule has 0 N–H and O–H groups in total. The van der Waals surface area contributed by atoms with Gasteiger partial charge in [0.15, 0.2) is 0 Å². The number of anilines is 2. The van der Waals surface area contributed by atoms with Crippen molar-refractivity contribution < 1.29 is 9.59 Å². The van der Waals surface area contributed by atoms with E-state index in [1.807, 2.05) is 12.1 Å². The summed E-state index contributed by atoms with van der Waals surface area (Å²) in [6.07, 6.45) is 3.97. The molecule has 4 nitrogen and oxygen atoms in total. The quantitative estimate of drug-likeness (QED) is 0.803. The molecule has 3 rings (SSSR count). The predicted molar refractivity (Wildman–Crippen MR) is 88.4 cm³/mol. The molecule has 2 aliphatic rings. The maximum Gasteiger partial charge on any atom is 0.227 e. The Kier molecular flexibility index (Phi) is 4.39. The molecule has 2 heterocycles. The van der Waals surface area contributed by atoms with E-state index in [0.29, 0.717) is 12.6 Å². The number of carbonyl (C=O) groups excluding carboxylic acids is 2. The fourth-order valence-electron chi connectivity index (χ4n) is 3.41. The summed E-state index contributed by atoms with van der Waals surface area (Å²) in [4.78, 5) is 27.4. The number of carbonyl (C=O) groups is 2. The Hall–Kier alpha value is -1.55. The lowest BCUT2D eigenvalue weighted by atomic mass is 10.0. The van der Waals surface area contributed by atoms with Crippen LogP contribution < -0.4 is 9.80 Å². The average Bonchev–Trinajstić information content (AvgIpc) is 2.90. The Balaban J connectivity index is 1.74. The molecule has 0 aromatic heterocycles. The van der Waals surface area contributed by atoms with E-state index in [1.165, 1.54) is 24.9 Å². The lowest BCUT2D eigenvalue weighted by molar-refractivity contribution is -0.120. The smallest absolute Gasteiger partial charge is 0.227 e. The maximum atomic E-state index is 12.0. The minimum atomic E-state index is -0.422. The van der Waals surface area contributed by atoms with Crippen LogP contribution in [-0.2, 0) is 9.59 Å². The van der Waals surface area contributed by atoms with E-state index < -0.39 is 5.24 Å². The lowest BCUT2D eigenvalue weighted by Gasteiger charge is -2.35. The van der Waals surface area contributed by atoms with Gasteiger partial charge >= 0.3 is 0 Å². The summed E-state index contributed by atoms with van der Waals surface area (Å²) in [5.74, 6) is -0.408. The summed E-state index contributed by atoms with van der Waals surface area (Å²) in [6.45, 7) is 3.74. The van der Waals surface area contributed by atoms with E-state index in [-0.39, 0.29) is 18.2 Å². The molecule has 2 aliphatic heterocycles. The molecule has 0 unspecified atom stereocenters. The maximum absolute atomic E-state index is 12.0. The molecular formula is C17H21ClN2O2. The van der Waals surface area contributed by atoms with Crippen molar-refractivity contribution in [1.82, 2.24) is 0 Å². The molecule has 2 fully saturated rings. The van der Waals surface area contributed by atoms with Crippen molar-refractivity contribution in [3.63, 3.8) is 0 Å². The van der Waals surface area contributed by atoms with Crippen molar-refractivity contribution in [3.05, 3.63) is 24.3 Å². The second kappa shape index (κ2) is 6.29. The van der Waals surface area contributed by atoms with Crippen molar-refractivity contribution in [2.75, 3.05) is 22.9 Å². The average molecular weight is 321 g/mol. The van der Waals surface area contributed by atoms with Crippen molar-refractivity contribution in [1.29, 1.82) is 0 Å². The number of nitrogens with zero attached hydrogens (tertiary/aromatic N) is 2. The van der Waals surface area contributed by atoms with Crippen LogP contribution in [0.15, 0.2) is 24.3 Å². The summed E-state index contributed by atoms with van der Waals surface area (Å²) in [5, 5.41) is -0.422. The molecule has 0 saturated carbocycles. The van der Waals surface area contributed by atoms with Gasteiger partial charge in [-0.2, -0.15) is 0 Å². The number of benzene rings is 1. The van der Waals surface area contributed by atoms with Gasteiger partial charge in [-0.3, -0.25) is 9.59 Å². The largest absolute Gasteiger partial charge is 0.369 e. The molecule has 5 heteroatoms. The van der Waals surface area contributed by atoms with Crippen LogP contribution >= 0.6 is 11.6 Å². The fraction of sp³-hybridized carbons (Fsp3) is 0.529. The predicted octanol–water partition coefficient (Wildman–Crippen LogP) is 3.18. The van der Waals surface area contributed by atoms with Gasteiger partial charge in [0.1, 0.15) is 0 Å². The zero-order valence-corrected chi connectivity index (χ0v) is 13.6. The molecule has 2 atom stereocenters. The van der Waals surface area contributed by atoms with Gasteiger partial charge in [0.2, 0.25) is 11.1 Å². The summed E-state index contributed by atoms with van der Waals surface area (Å²) in [6, 6.07) is 8.64. The van der Waals surface area contributed by atoms with E-state index in [0.717, 1.165) is 12.2 Å². The first-order chi connectivity index (χ1) is 10.6. The van der Waals surface area contributed by atoms with E-state index >= 15 is 0 Å². The molecule has 22 heavy (non-hydrogen) atoms. The number of hydrogen-bond donors (Lipinski definition) is 0. The van der Waals surface area contributed by atoms with Gasteiger partial charge in [-0.25, -0.2) is 0 Å². The van der Waals surface area contributed by atoms with Crippen LogP contribution in [0.4, 0.5) is 11.4 Å². The van der Waals surface area contributed by atoms with Crippen molar-refractivity contribution in [2.24, 2.45) is 5.92 Å². The van der Waals surface area contributed by atoms with Crippen molar-refractivity contribution >= 4 is 34.1 Å². The zero-order chi connectivity index (χ0) is 15.7. The number of piperidine rings is 1. The third kappa shape index (κ3) is 2.98. The van der Waals surface area contributed by atoms with Crippen LogP contribution in [0, 0.1) is 5.92 Å². The van der Waals surface area contributed by atoms with Gasteiger partial charge in [-0.1, -0.05) is 0 Å². The molecule has 1 aromatic carbocycles. The van der Waals surface area contributed by atoms with Crippen LogP contribution in [0.1, 0.15) is 32.6 Å². The molecule has 2 saturated heterocycles. The Morgan fingerprint density at radius 2 is 1.86 bits per heavy atom. The number of rotatable bonds is 3. The van der Waals surface area contributed by atoms with Gasteiger partial charge in [0.25, 0.3) is 0 Å². The zero-order valence-electron chi connectivity index (χ0n) is 12.8. The lowest BCUT2D eigenvalue weighted by Crippen LogP contribution is -2.37. The molecule has 1 amide bonds. The highest BCUT2D eigenvalue weighted by Gasteiger charge is 2.34. The Labute approximate surface area is 136 Å². The first kappa shape index (κ1) is 15.3. The normalized spacial score (nSPS) is 25.6. The minimum Gasteiger partial charge on any atom is -0.369 e. The molecular weight excluding hydrogens is 300 g/mol. The first-order valence-electron chi connectivity index (χ1n) is 7.92. The van der Waals surface area contributed by atoms with Gasteiger partial charge in [-0.15, -0.1) is 0 Å². The van der Waals surface area contributed by atoms with Crippen LogP contribution in [0.25, 0.3) is 0 Å². The molecule has 118 valence electrons. The van der Waals surface area contributed by atoms with Crippen LogP contribution in [0.2, 0.25) is 0 Å². The molecule has 0 radical (unpaired) electrons. The third-order valence-corrected chi connectivity index (χ3v) is 5.05. The molecule has 0 spiro atoms. The summed E-state index contributed by atoms with van der Waals surface area (Å²) in [7, 11) is 0. The minimum absolute atomic E-state index is 0.0295. The highest BCUT2D eigenvalue weighted by molar-refractivity contribution is 6.64. The van der Waals surface area contributed by atoms with E-state index in [2.05, 4.69) is 24.0 Å². The standard InChI is InChI=1S/C17H21ClN2O2/c1-12-4-2-3-9-19(12)14-5-7-15(8-6-14)20-11-13(17(18)22)10-16(20)21/h5-8,12-13H,2-4,9-11H2,1H3/t12-,13-/m0/s1. The van der Waals surface area contributed by atoms with Crippen LogP contribution in [0.5, 0.6) is 0 Å². The fourth-order valence-corrected chi connectivity index (χ4v) is 3.56. The second-order valence-corrected chi connectivity index (χ2v) is 6.64. The van der Waals surface area contributed by atoms with E-state index in [9.17, 15) is 9.59 Å². The Morgan fingerprint density at radius 3 is 2.45 bits per heavy atom. The Morgan fingerprint density at radius 1 is 1.18 bits per heavy atom. The summed E-state index contributed by atoms with van der Waals surface area (Å²) in [5.41, 5.74) is 2.05. The van der Waals surface area contributed by atoms with Gasteiger partial charge in [-0.05, 0) is 62.1 Å². The summed E-state index contributed by atoms with van der Waals surface area (Å²) >= 11 is 5.52.